The molecular formula is C18H13F3N8O2S. The highest BCUT2D eigenvalue weighted by molar-refractivity contribution is 7.26. The Hall–Kier alpha value is -3.68. The number of thiophene rings is 1. The molecule has 0 fully saturated rings. The molecule has 10 nitrogen and oxygen atoms in total. The van der Waals surface area contributed by atoms with Gasteiger partial charge in [0, 0.05) is 5.39 Å². The van der Waals surface area contributed by atoms with Crippen LogP contribution in [0.5, 0.6) is 0 Å². The van der Waals surface area contributed by atoms with E-state index in [9.17, 15) is 23.3 Å². The minimum atomic E-state index is -4.56. The van der Waals surface area contributed by atoms with Crippen LogP contribution in [0.25, 0.3) is 26.1 Å². The Morgan fingerprint density at radius 3 is 2.62 bits per heavy atom. The highest BCUT2D eigenvalue weighted by Crippen LogP contribution is 2.38. The molecule has 0 aliphatic rings. The number of alkyl halides is 3. The van der Waals surface area contributed by atoms with Gasteiger partial charge in [-0.05, 0) is 32.4 Å². The number of pyridine rings is 1. The number of rotatable bonds is 3. The molecule has 0 spiro atoms. The SMILES string of the molecule is Cc1cc(C(F)(F)F)nc2sc3c(ncn4nc(C(C)(C)n5cc([N+](=O)[O-])cn5)nc34)c12. The number of nitrogens with zero attached hydrogens (tertiary/aromatic N) is 8. The van der Waals surface area contributed by atoms with Crippen molar-refractivity contribution < 1.29 is 18.1 Å². The van der Waals surface area contributed by atoms with Crippen LogP contribution in [0.3, 0.4) is 0 Å². The lowest BCUT2D eigenvalue weighted by atomic mass is 10.1. The molecular weight excluding hydrogens is 449 g/mol. The van der Waals surface area contributed by atoms with Crippen LogP contribution in [0.4, 0.5) is 18.9 Å². The van der Waals surface area contributed by atoms with Crippen molar-refractivity contribution in [2.75, 3.05) is 0 Å². The molecule has 0 atom stereocenters. The van der Waals surface area contributed by atoms with E-state index in [0.29, 0.717) is 32.6 Å². The van der Waals surface area contributed by atoms with Crippen molar-refractivity contribution in [3.05, 3.63) is 52.0 Å². The predicted molar refractivity (Wildman–Crippen MR) is 109 cm³/mol. The van der Waals surface area contributed by atoms with Gasteiger partial charge < -0.3 is 0 Å². The molecule has 0 bridgehead atoms. The van der Waals surface area contributed by atoms with Gasteiger partial charge in [-0.2, -0.15) is 18.3 Å². The largest absolute Gasteiger partial charge is 0.433 e. The number of fused-ring (bicyclic) bond motifs is 5. The van der Waals surface area contributed by atoms with Crippen LogP contribution in [0.15, 0.2) is 24.8 Å². The molecule has 0 aliphatic heterocycles. The molecule has 0 N–H and O–H groups in total. The topological polar surface area (TPSA) is 117 Å². The van der Waals surface area contributed by atoms with Crippen molar-refractivity contribution in [2.24, 2.45) is 0 Å². The van der Waals surface area contributed by atoms with Crippen molar-refractivity contribution >= 4 is 43.1 Å². The molecule has 0 amide bonds. The third-order valence-electron chi connectivity index (χ3n) is 5.15. The van der Waals surface area contributed by atoms with Crippen molar-refractivity contribution in [1.29, 1.82) is 0 Å². The number of hydrogen-bond acceptors (Lipinski definition) is 8. The van der Waals surface area contributed by atoms with Gasteiger partial charge in [0.2, 0.25) is 0 Å². The maximum absolute atomic E-state index is 13.2. The van der Waals surface area contributed by atoms with E-state index >= 15 is 0 Å². The number of halogens is 3. The van der Waals surface area contributed by atoms with Gasteiger partial charge in [-0.3, -0.25) is 14.8 Å². The molecule has 5 heterocycles. The summed E-state index contributed by atoms with van der Waals surface area (Å²) in [4.78, 5) is 23.4. The summed E-state index contributed by atoms with van der Waals surface area (Å²) >= 11 is 1.05. The van der Waals surface area contributed by atoms with Crippen LogP contribution in [0.2, 0.25) is 0 Å². The highest BCUT2D eigenvalue weighted by Gasteiger charge is 2.34. The first kappa shape index (κ1) is 20.2. The van der Waals surface area contributed by atoms with Crippen LogP contribution in [-0.4, -0.2) is 39.3 Å². The van der Waals surface area contributed by atoms with Crippen LogP contribution in [0.1, 0.15) is 30.9 Å². The molecule has 0 unspecified atom stereocenters. The molecule has 0 aromatic carbocycles. The third-order valence-corrected chi connectivity index (χ3v) is 6.22. The second-order valence-corrected chi connectivity index (χ2v) is 8.69. The van der Waals surface area contributed by atoms with Crippen LogP contribution < -0.4 is 0 Å². The zero-order valence-electron chi connectivity index (χ0n) is 16.7. The maximum Gasteiger partial charge on any atom is 0.433 e. The average Bonchev–Trinajstić information content (AvgIpc) is 3.42. The van der Waals surface area contributed by atoms with E-state index in [1.54, 1.807) is 20.8 Å². The molecule has 5 aromatic rings. The zero-order chi connectivity index (χ0) is 23.0. The minimum absolute atomic E-state index is 0.169. The predicted octanol–water partition coefficient (Wildman–Crippen LogP) is 4.10. The van der Waals surface area contributed by atoms with Gasteiger partial charge in [0.05, 0.1) is 10.4 Å². The number of aryl methyl sites for hydroxylation is 1. The molecule has 5 rings (SSSR count). The monoisotopic (exact) mass is 462 g/mol. The summed E-state index contributed by atoms with van der Waals surface area (Å²) in [6.45, 7) is 5.07. The van der Waals surface area contributed by atoms with Gasteiger partial charge in [0.1, 0.15) is 39.5 Å². The molecule has 14 heteroatoms. The smallest absolute Gasteiger partial charge is 0.258 e. The summed E-state index contributed by atoms with van der Waals surface area (Å²) in [7, 11) is 0. The quantitative estimate of drug-likeness (QED) is 0.293. The second-order valence-electron chi connectivity index (χ2n) is 7.69. The van der Waals surface area contributed by atoms with Crippen molar-refractivity contribution in [1.82, 2.24) is 34.3 Å². The van der Waals surface area contributed by atoms with Crippen molar-refractivity contribution in [3.8, 4) is 0 Å². The lowest BCUT2D eigenvalue weighted by Gasteiger charge is -2.20. The molecule has 5 aromatic heterocycles. The van der Waals surface area contributed by atoms with E-state index in [2.05, 4.69) is 25.1 Å². The molecule has 0 aliphatic carbocycles. The fourth-order valence-electron chi connectivity index (χ4n) is 3.43. The standard InChI is InChI=1S/C18H13F3N8O2S/c1-8-4-10(18(19,20)21)24-15-11(8)12-13(32-15)14-25-16(26-27(14)7-22-12)17(2,3)28-6-9(5-23-28)29(30)31/h4-7H,1-3H3. The Bertz CT molecular complexity index is 1550. The van der Waals surface area contributed by atoms with Gasteiger partial charge in [0.15, 0.2) is 11.5 Å². The van der Waals surface area contributed by atoms with Crippen LogP contribution in [0, 0.1) is 17.0 Å². The third kappa shape index (κ3) is 2.90. The number of aromatic nitrogens is 7. The Labute approximate surface area is 180 Å². The minimum Gasteiger partial charge on any atom is -0.258 e. The Morgan fingerprint density at radius 2 is 1.97 bits per heavy atom. The van der Waals surface area contributed by atoms with E-state index in [-0.39, 0.29) is 10.5 Å². The Kier molecular flexibility index (Phi) is 4.06. The summed E-state index contributed by atoms with van der Waals surface area (Å²) in [5, 5.41) is 20.0. The van der Waals surface area contributed by atoms with Crippen molar-refractivity contribution in [2.45, 2.75) is 32.5 Å². The van der Waals surface area contributed by atoms with Gasteiger partial charge in [0.25, 0.3) is 0 Å². The number of hydrogen-bond donors (Lipinski definition) is 0. The van der Waals surface area contributed by atoms with Crippen LogP contribution >= 0.6 is 11.3 Å². The lowest BCUT2D eigenvalue weighted by Crippen LogP contribution is -2.29. The van der Waals surface area contributed by atoms with E-state index in [1.807, 2.05) is 0 Å². The first-order valence-electron chi connectivity index (χ1n) is 9.19. The van der Waals surface area contributed by atoms with E-state index in [0.717, 1.165) is 23.6 Å². The molecule has 0 saturated heterocycles. The summed E-state index contributed by atoms with van der Waals surface area (Å²) in [5.41, 5.74) is -0.778. The van der Waals surface area contributed by atoms with Crippen LogP contribution in [-0.2, 0) is 11.7 Å². The fourth-order valence-corrected chi connectivity index (χ4v) is 4.61. The first-order chi connectivity index (χ1) is 15.0. The van der Waals surface area contributed by atoms with E-state index < -0.39 is 22.3 Å². The van der Waals surface area contributed by atoms with Gasteiger partial charge in [-0.25, -0.2) is 19.5 Å². The van der Waals surface area contributed by atoms with Gasteiger partial charge in [-0.1, -0.05) is 0 Å². The van der Waals surface area contributed by atoms with Gasteiger partial charge >= 0.3 is 11.9 Å². The fraction of sp³-hybridized carbons (Fsp3) is 0.278. The summed E-state index contributed by atoms with van der Waals surface area (Å²) in [6, 6.07) is 1.00. The first-order valence-corrected chi connectivity index (χ1v) is 10.0. The highest BCUT2D eigenvalue weighted by atomic mass is 32.1. The summed E-state index contributed by atoms with van der Waals surface area (Å²) in [5.74, 6) is 0.308. The molecule has 0 saturated carbocycles. The molecule has 0 radical (unpaired) electrons. The van der Waals surface area contributed by atoms with E-state index in [1.165, 1.54) is 21.7 Å². The molecule has 32 heavy (non-hydrogen) atoms. The molecule has 164 valence electrons. The van der Waals surface area contributed by atoms with E-state index in [4.69, 9.17) is 0 Å². The Morgan fingerprint density at radius 1 is 1.22 bits per heavy atom. The van der Waals surface area contributed by atoms with Gasteiger partial charge in [-0.15, -0.1) is 16.4 Å². The second kappa shape index (κ2) is 6.41. The lowest BCUT2D eigenvalue weighted by molar-refractivity contribution is -0.385. The summed E-state index contributed by atoms with van der Waals surface area (Å²) < 4.78 is 43.0. The maximum atomic E-state index is 13.2. The number of nitro groups is 1. The Balaban J connectivity index is 1.71. The average molecular weight is 462 g/mol. The normalized spacial score (nSPS) is 12.9. The van der Waals surface area contributed by atoms with Crippen molar-refractivity contribution in [3.63, 3.8) is 0 Å². The zero-order valence-corrected chi connectivity index (χ0v) is 17.6. The summed E-state index contributed by atoms with van der Waals surface area (Å²) in [6.07, 6.45) is -0.712.